The molecule has 0 aliphatic carbocycles. The second-order valence-electron chi connectivity index (χ2n) is 6.06. The number of amides is 2. The Morgan fingerprint density at radius 3 is 2.40 bits per heavy atom. The number of hydrazine groups is 1. The Bertz CT molecular complexity index is 1120. The molecule has 0 radical (unpaired) electrons. The van der Waals surface area contributed by atoms with Gasteiger partial charge in [-0.25, -0.2) is 0 Å². The summed E-state index contributed by atoms with van der Waals surface area (Å²) in [7, 11) is 0. The van der Waals surface area contributed by atoms with Gasteiger partial charge in [0.2, 0.25) is 0 Å². The van der Waals surface area contributed by atoms with E-state index in [9.17, 15) is 14.4 Å². The fraction of sp³-hybridized carbons (Fsp3) is 0.100. The fourth-order valence-corrected chi connectivity index (χ4v) is 3.19. The molecule has 0 aliphatic rings. The van der Waals surface area contributed by atoms with Gasteiger partial charge in [0.05, 0.1) is 32.5 Å². The van der Waals surface area contributed by atoms with Crippen LogP contribution in [0.4, 0.5) is 11.4 Å². The number of hydrogen-bond acceptors (Lipinski definition) is 6. The van der Waals surface area contributed by atoms with Gasteiger partial charge in [0.1, 0.15) is 0 Å². The van der Waals surface area contributed by atoms with Crippen molar-refractivity contribution in [3.05, 3.63) is 64.3 Å². The highest BCUT2D eigenvalue weighted by atomic mass is 35.5. The van der Waals surface area contributed by atoms with Gasteiger partial charge in [-0.2, -0.15) is 0 Å². The van der Waals surface area contributed by atoms with Crippen LogP contribution < -0.4 is 16.2 Å². The molecule has 3 aromatic rings. The molecule has 10 heteroatoms. The second-order valence-corrected chi connectivity index (χ2v) is 6.88. The normalized spacial score (nSPS) is 10.4. The summed E-state index contributed by atoms with van der Waals surface area (Å²) < 4.78 is 4.63. The predicted octanol–water partition coefficient (Wildman–Crippen LogP) is 3.80. The Hall–Kier alpha value is -3.36. The number of anilines is 2. The van der Waals surface area contributed by atoms with Crippen molar-refractivity contribution in [2.75, 3.05) is 17.3 Å². The van der Waals surface area contributed by atoms with E-state index in [1.807, 2.05) is 0 Å². The van der Waals surface area contributed by atoms with Crippen LogP contribution in [-0.2, 0) is 14.3 Å². The van der Waals surface area contributed by atoms with E-state index >= 15 is 0 Å². The van der Waals surface area contributed by atoms with Crippen molar-refractivity contribution < 1.29 is 19.1 Å². The number of para-hydroxylation sites is 1. The van der Waals surface area contributed by atoms with Crippen molar-refractivity contribution in [3.8, 4) is 0 Å². The first kappa shape index (κ1) is 21.4. The van der Waals surface area contributed by atoms with Gasteiger partial charge < -0.3 is 10.1 Å². The zero-order chi connectivity index (χ0) is 21.7. The number of rotatable bonds is 6. The second kappa shape index (κ2) is 9.43. The van der Waals surface area contributed by atoms with Crippen molar-refractivity contribution >= 4 is 63.3 Å². The summed E-state index contributed by atoms with van der Waals surface area (Å²) >= 11 is 12.2. The lowest BCUT2D eigenvalue weighted by Gasteiger charge is -2.13. The molecular formula is C20H16Cl2N4O4. The molecule has 1 heterocycles. The molecule has 30 heavy (non-hydrogen) atoms. The zero-order valence-electron chi connectivity index (χ0n) is 15.7. The zero-order valence-corrected chi connectivity index (χ0v) is 17.2. The first-order valence-corrected chi connectivity index (χ1v) is 9.43. The molecule has 0 saturated carbocycles. The summed E-state index contributed by atoms with van der Waals surface area (Å²) in [5.41, 5.74) is 6.79. The third kappa shape index (κ3) is 4.97. The summed E-state index contributed by atoms with van der Waals surface area (Å²) in [4.78, 5) is 39.5. The molecule has 8 nitrogen and oxygen atoms in total. The van der Waals surface area contributed by atoms with E-state index in [0.29, 0.717) is 22.3 Å². The number of ether oxygens (including phenoxy) is 1. The Labute approximate surface area is 181 Å². The number of nitrogens with zero attached hydrogens (tertiary/aromatic N) is 1. The van der Waals surface area contributed by atoms with Crippen molar-refractivity contribution in [2.45, 2.75) is 6.92 Å². The van der Waals surface area contributed by atoms with Gasteiger partial charge in [-0.3, -0.25) is 30.2 Å². The third-order valence-corrected chi connectivity index (χ3v) is 4.58. The molecule has 0 saturated heterocycles. The van der Waals surface area contributed by atoms with Crippen LogP contribution in [-0.4, -0.2) is 29.4 Å². The molecule has 0 bridgehead atoms. The van der Waals surface area contributed by atoms with Crippen LogP contribution in [0, 0.1) is 0 Å². The molecule has 0 fully saturated rings. The monoisotopic (exact) mass is 446 g/mol. The van der Waals surface area contributed by atoms with Crippen LogP contribution in [0.15, 0.2) is 48.7 Å². The lowest BCUT2D eigenvalue weighted by molar-refractivity contribution is -0.146. The molecule has 154 valence electrons. The van der Waals surface area contributed by atoms with Gasteiger partial charge in [0.25, 0.3) is 11.8 Å². The maximum Gasteiger partial charge on any atom is 0.303 e. The van der Waals surface area contributed by atoms with Crippen LogP contribution in [0.1, 0.15) is 17.3 Å². The maximum atomic E-state index is 12.7. The van der Waals surface area contributed by atoms with E-state index in [0.717, 1.165) is 0 Å². The molecule has 3 N–H and O–H groups in total. The summed E-state index contributed by atoms with van der Waals surface area (Å²) in [6.07, 6.45) is 1.51. The molecule has 1 aromatic heterocycles. The van der Waals surface area contributed by atoms with Gasteiger partial charge in [-0.15, -0.1) is 0 Å². The lowest BCUT2D eigenvalue weighted by Crippen LogP contribution is -2.33. The first-order chi connectivity index (χ1) is 14.4. The molecule has 0 atom stereocenters. The van der Waals surface area contributed by atoms with Crippen molar-refractivity contribution in [3.63, 3.8) is 0 Å². The van der Waals surface area contributed by atoms with E-state index in [2.05, 4.69) is 25.9 Å². The number of hydrogen-bond donors (Lipinski definition) is 3. The highest BCUT2D eigenvalue weighted by Crippen LogP contribution is 2.29. The molecule has 2 amide bonds. The summed E-state index contributed by atoms with van der Waals surface area (Å²) in [6.45, 7) is 0.800. The Balaban J connectivity index is 1.83. The van der Waals surface area contributed by atoms with E-state index in [1.54, 1.807) is 42.5 Å². The number of nitrogens with one attached hydrogen (secondary N) is 3. The maximum absolute atomic E-state index is 12.7. The van der Waals surface area contributed by atoms with Crippen molar-refractivity contribution in [1.29, 1.82) is 0 Å². The van der Waals surface area contributed by atoms with Crippen molar-refractivity contribution in [2.24, 2.45) is 0 Å². The van der Waals surface area contributed by atoms with Crippen LogP contribution in [0.2, 0.25) is 10.0 Å². The number of aromatic nitrogens is 1. The average molecular weight is 447 g/mol. The number of pyridine rings is 1. The number of carbonyl (C=O) groups excluding carboxylic acids is 3. The number of benzene rings is 2. The SMILES string of the molecule is CC(=O)OCC(=O)NNc1ccnc2c(NC(=O)c3c(Cl)cccc3Cl)cccc12. The largest absolute Gasteiger partial charge is 0.456 e. The minimum Gasteiger partial charge on any atom is -0.456 e. The van der Waals surface area contributed by atoms with Gasteiger partial charge in [0.15, 0.2) is 6.61 Å². The number of fused-ring (bicyclic) bond motifs is 1. The lowest BCUT2D eigenvalue weighted by atomic mass is 10.1. The van der Waals surface area contributed by atoms with Crippen molar-refractivity contribution in [1.82, 2.24) is 10.4 Å². The van der Waals surface area contributed by atoms with Gasteiger partial charge in [0, 0.05) is 18.5 Å². The molecule has 0 aliphatic heterocycles. The molecule has 2 aromatic carbocycles. The molecular weight excluding hydrogens is 431 g/mol. The van der Waals surface area contributed by atoms with Gasteiger partial charge in [-0.1, -0.05) is 41.4 Å². The Morgan fingerprint density at radius 2 is 1.70 bits per heavy atom. The fourth-order valence-electron chi connectivity index (χ4n) is 2.63. The van der Waals surface area contributed by atoms with Crippen LogP contribution in [0.3, 0.4) is 0 Å². The number of esters is 1. The summed E-state index contributed by atoms with van der Waals surface area (Å²) in [5.74, 6) is -1.57. The molecule has 0 unspecified atom stereocenters. The summed E-state index contributed by atoms with van der Waals surface area (Å²) in [5, 5.41) is 3.85. The van der Waals surface area contributed by atoms with Gasteiger partial charge >= 0.3 is 5.97 Å². The molecule has 0 spiro atoms. The van der Waals surface area contributed by atoms with E-state index in [-0.39, 0.29) is 15.6 Å². The highest BCUT2D eigenvalue weighted by Gasteiger charge is 2.16. The predicted molar refractivity (Wildman–Crippen MR) is 115 cm³/mol. The van der Waals surface area contributed by atoms with E-state index in [4.69, 9.17) is 23.2 Å². The van der Waals surface area contributed by atoms with Crippen LogP contribution in [0.25, 0.3) is 10.9 Å². The van der Waals surface area contributed by atoms with Gasteiger partial charge in [-0.05, 0) is 24.3 Å². The standard InChI is InChI=1S/C20H16Cl2N4O4/c1-11(27)30-10-17(28)26-25-15-8-9-23-19-12(15)4-2-7-16(19)24-20(29)18-13(21)5-3-6-14(18)22/h2-9H,10H2,1H3,(H,23,25)(H,24,29)(H,26,28). The highest BCUT2D eigenvalue weighted by molar-refractivity contribution is 6.40. The van der Waals surface area contributed by atoms with Crippen LogP contribution in [0.5, 0.6) is 0 Å². The Morgan fingerprint density at radius 1 is 1.00 bits per heavy atom. The average Bonchev–Trinajstić information content (AvgIpc) is 2.71. The Kier molecular flexibility index (Phi) is 6.71. The summed E-state index contributed by atoms with van der Waals surface area (Å²) in [6, 6.07) is 11.6. The minimum atomic E-state index is -0.557. The van der Waals surface area contributed by atoms with E-state index in [1.165, 1.54) is 13.1 Å². The number of halogens is 2. The van der Waals surface area contributed by atoms with E-state index < -0.39 is 24.4 Å². The topological polar surface area (TPSA) is 109 Å². The molecule has 3 rings (SSSR count). The third-order valence-electron chi connectivity index (χ3n) is 3.95. The quantitative estimate of drug-likeness (QED) is 0.392. The first-order valence-electron chi connectivity index (χ1n) is 8.68. The minimum absolute atomic E-state index is 0.157. The smallest absolute Gasteiger partial charge is 0.303 e. The van der Waals surface area contributed by atoms with Crippen LogP contribution >= 0.6 is 23.2 Å². The number of carbonyl (C=O) groups is 3.